The zero-order valence-corrected chi connectivity index (χ0v) is 8.65. The van der Waals surface area contributed by atoms with Crippen molar-refractivity contribution in [3.8, 4) is 0 Å². The number of hydrogen-bond donors (Lipinski definition) is 2. The van der Waals surface area contributed by atoms with Crippen LogP contribution in [0, 0.1) is 5.41 Å². The lowest BCUT2D eigenvalue weighted by Crippen LogP contribution is -2.39. The topological polar surface area (TPSA) is 41.1 Å². The summed E-state index contributed by atoms with van der Waals surface area (Å²) in [6.07, 6.45) is 4.06. The van der Waals surface area contributed by atoms with E-state index in [2.05, 4.69) is 17.6 Å². The molecule has 3 nitrogen and oxygen atoms in total. The third-order valence-electron chi connectivity index (χ3n) is 3.17. The van der Waals surface area contributed by atoms with Crippen LogP contribution in [-0.2, 0) is 4.79 Å². The van der Waals surface area contributed by atoms with Gasteiger partial charge in [0.05, 0.1) is 5.41 Å². The van der Waals surface area contributed by atoms with Crippen molar-refractivity contribution >= 4 is 5.91 Å². The molecule has 13 heavy (non-hydrogen) atoms. The number of amides is 1. The van der Waals surface area contributed by atoms with Gasteiger partial charge in [0.25, 0.3) is 0 Å². The monoisotopic (exact) mass is 184 g/mol. The van der Waals surface area contributed by atoms with Gasteiger partial charge in [-0.2, -0.15) is 0 Å². The van der Waals surface area contributed by atoms with Gasteiger partial charge in [-0.25, -0.2) is 0 Å². The van der Waals surface area contributed by atoms with Crippen molar-refractivity contribution in [1.82, 2.24) is 10.6 Å². The van der Waals surface area contributed by atoms with Crippen LogP contribution in [-0.4, -0.2) is 26.0 Å². The molecule has 0 aromatic carbocycles. The first-order valence-electron chi connectivity index (χ1n) is 5.18. The molecule has 1 aliphatic rings. The summed E-state index contributed by atoms with van der Waals surface area (Å²) in [6, 6.07) is 0. The molecule has 0 bridgehead atoms. The van der Waals surface area contributed by atoms with Crippen molar-refractivity contribution in [2.45, 2.75) is 32.6 Å². The van der Waals surface area contributed by atoms with Crippen molar-refractivity contribution in [3.05, 3.63) is 0 Å². The van der Waals surface area contributed by atoms with Crippen LogP contribution in [0.25, 0.3) is 0 Å². The highest BCUT2D eigenvalue weighted by Gasteiger charge is 2.35. The van der Waals surface area contributed by atoms with E-state index in [0.717, 1.165) is 38.8 Å². The SMILES string of the molecule is CCC1(C(=O)NC)CCCNCC1. The van der Waals surface area contributed by atoms with E-state index in [9.17, 15) is 4.79 Å². The molecule has 1 unspecified atom stereocenters. The standard InChI is InChI=1S/C10H20N2O/c1-3-10(9(13)11-2)5-4-7-12-8-6-10/h12H,3-8H2,1-2H3,(H,11,13). The Balaban J connectivity index is 2.70. The zero-order chi connectivity index (χ0) is 9.73. The molecule has 0 aliphatic carbocycles. The van der Waals surface area contributed by atoms with Crippen molar-refractivity contribution in [1.29, 1.82) is 0 Å². The fourth-order valence-corrected chi connectivity index (χ4v) is 2.14. The average Bonchev–Trinajstić information content (AvgIpc) is 2.42. The van der Waals surface area contributed by atoms with Crippen LogP contribution < -0.4 is 10.6 Å². The molecule has 3 heteroatoms. The summed E-state index contributed by atoms with van der Waals surface area (Å²) >= 11 is 0. The van der Waals surface area contributed by atoms with E-state index in [1.54, 1.807) is 7.05 Å². The summed E-state index contributed by atoms with van der Waals surface area (Å²) in [6.45, 7) is 4.14. The number of rotatable bonds is 2. The quantitative estimate of drug-likeness (QED) is 0.669. The van der Waals surface area contributed by atoms with Crippen LogP contribution in [0.2, 0.25) is 0 Å². The van der Waals surface area contributed by atoms with Gasteiger partial charge >= 0.3 is 0 Å². The van der Waals surface area contributed by atoms with Gasteiger partial charge in [0.1, 0.15) is 0 Å². The first kappa shape index (κ1) is 10.5. The molecule has 1 fully saturated rings. The average molecular weight is 184 g/mol. The third-order valence-corrected chi connectivity index (χ3v) is 3.17. The lowest BCUT2D eigenvalue weighted by atomic mass is 9.77. The van der Waals surface area contributed by atoms with Gasteiger partial charge in [-0.15, -0.1) is 0 Å². The lowest BCUT2D eigenvalue weighted by Gasteiger charge is -2.28. The second-order valence-electron chi connectivity index (χ2n) is 3.82. The van der Waals surface area contributed by atoms with Crippen molar-refractivity contribution in [3.63, 3.8) is 0 Å². The Bertz CT molecular complexity index is 172. The molecule has 0 aromatic heterocycles. The van der Waals surface area contributed by atoms with Crippen LogP contribution in [0.1, 0.15) is 32.6 Å². The minimum absolute atomic E-state index is 0.0990. The van der Waals surface area contributed by atoms with E-state index in [1.807, 2.05) is 0 Å². The second kappa shape index (κ2) is 4.61. The Kier molecular flexibility index (Phi) is 3.72. The maximum Gasteiger partial charge on any atom is 0.225 e. The minimum atomic E-state index is -0.0990. The van der Waals surface area contributed by atoms with Gasteiger partial charge in [-0.1, -0.05) is 6.92 Å². The number of hydrogen-bond acceptors (Lipinski definition) is 2. The molecule has 2 N–H and O–H groups in total. The van der Waals surface area contributed by atoms with E-state index in [-0.39, 0.29) is 11.3 Å². The smallest absolute Gasteiger partial charge is 0.225 e. The zero-order valence-electron chi connectivity index (χ0n) is 8.65. The van der Waals surface area contributed by atoms with Crippen molar-refractivity contribution < 1.29 is 4.79 Å². The van der Waals surface area contributed by atoms with Crippen LogP contribution in [0.15, 0.2) is 0 Å². The molecule has 1 atom stereocenters. The van der Waals surface area contributed by atoms with Gasteiger partial charge in [0.15, 0.2) is 0 Å². The number of nitrogens with one attached hydrogen (secondary N) is 2. The van der Waals surface area contributed by atoms with Crippen LogP contribution in [0.5, 0.6) is 0 Å². The van der Waals surface area contributed by atoms with Gasteiger partial charge in [0.2, 0.25) is 5.91 Å². The molecule has 0 aromatic rings. The van der Waals surface area contributed by atoms with Crippen LogP contribution >= 0.6 is 0 Å². The third kappa shape index (κ3) is 2.21. The molecule has 0 radical (unpaired) electrons. The Morgan fingerprint density at radius 1 is 1.46 bits per heavy atom. The predicted molar refractivity (Wildman–Crippen MR) is 53.5 cm³/mol. The van der Waals surface area contributed by atoms with E-state index in [4.69, 9.17) is 0 Å². The molecule has 1 aliphatic heterocycles. The first-order chi connectivity index (χ1) is 6.25. The Labute approximate surface area is 80.3 Å². The number of carbonyl (C=O) groups is 1. The summed E-state index contributed by atoms with van der Waals surface area (Å²) in [5, 5.41) is 6.12. The molecular weight excluding hydrogens is 164 g/mol. The minimum Gasteiger partial charge on any atom is -0.359 e. The summed E-state index contributed by atoms with van der Waals surface area (Å²) in [7, 11) is 1.73. The fourth-order valence-electron chi connectivity index (χ4n) is 2.14. The van der Waals surface area contributed by atoms with Crippen molar-refractivity contribution in [2.75, 3.05) is 20.1 Å². The lowest BCUT2D eigenvalue weighted by molar-refractivity contribution is -0.131. The molecule has 76 valence electrons. The van der Waals surface area contributed by atoms with Crippen LogP contribution in [0.4, 0.5) is 0 Å². The van der Waals surface area contributed by atoms with Gasteiger partial charge < -0.3 is 10.6 Å². The second-order valence-corrected chi connectivity index (χ2v) is 3.82. The molecule has 1 heterocycles. The maximum atomic E-state index is 11.7. The molecular formula is C10H20N2O. The van der Waals surface area contributed by atoms with E-state index >= 15 is 0 Å². The molecule has 0 saturated carbocycles. The van der Waals surface area contributed by atoms with Gasteiger partial charge in [-0.05, 0) is 38.8 Å². The van der Waals surface area contributed by atoms with Crippen LogP contribution in [0.3, 0.4) is 0 Å². The highest BCUT2D eigenvalue weighted by molar-refractivity contribution is 5.82. The molecule has 1 saturated heterocycles. The van der Waals surface area contributed by atoms with E-state index < -0.39 is 0 Å². The Morgan fingerprint density at radius 2 is 2.23 bits per heavy atom. The van der Waals surface area contributed by atoms with Gasteiger partial charge in [0, 0.05) is 7.05 Å². The normalized spacial score (nSPS) is 29.4. The highest BCUT2D eigenvalue weighted by atomic mass is 16.2. The predicted octanol–water partition coefficient (Wildman–Crippen LogP) is 0.902. The summed E-state index contributed by atoms with van der Waals surface area (Å²) in [5.41, 5.74) is -0.0990. The summed E-state index contributed by atoms with van der Waals surface area (Å²) < 4.78 is 0. The molecule has 1 amide bonds. The Morgan fingerprint density at radius 3 is 2.85 bits per heavy atom. The van der Waals surface area contributed by atoms with Gasteiger partial charge in [-0.3, -0.25) is 4.79 Å². The maximum absolute atomic E-state index is 11.7. The molecule has 0 spiro atoms. The largest absolute Gasteiger partial charge is 0.359 e. The number of carbonyl (C=O) groups excluding carboxylic acids is 1. The highest BCUT2D eigenvalue weighted by Crippen LogP contribution is 2.33. The summed E-state index contributed by atoms with van der Waals surface area (Å²) in [5.74, 6) is 0.221. The molecule has 1 rings (SSSR count). The Hall–Kier alpha value is -0.570. The first-order valence-corrected chi connectivity index (χ1v) is 5.18. The summed E-state index contributed by atoms with van der Waals surface area (Å²) in [4.78, 5) is 11.7. The van der Waals surface area contributed by atoms with E-state index in [1.165, 1.54) is 0 Å². The van der Waals surface area contributed by atoms with Crippen molar-refractivity contribution in [2.24, 2.45) is 5.41 Å². The fraction of sp³-hybridized carbons (Fsp3) is 0.900. The van der Waals surface area contributed by atoms with E-state index in [0.29, 0.717) is 0 Å².